The van der Waals surface area contributed by atoms with Gasteiger partial charge in [-0.05, 0) is 55.3 Å². The van der Waals surface area contributed by atoms with E-state index in [0.29, 0.717) is 11.3 Å². The van der Waals surface area contributed by atoms with E-state index in [-0.39, 0.29) is 12.5 Å². The van der Waals surface area contributed by atoms with Crippen molar-refractivity contribution >= 4 is 29.2 Å². The molecule has 3 aromatic rings. The third-order valence-corrected chi connectivity index (χ3v) is 6.25. The predicted molar refractivity (Wildman–Crippen MR) is 126 cm³/mol. The minimum atomic E-state index is -0.943. The number of ether oxygens (including phenoxy) is 1. The number of aryl methyl sites for hydroxylation is 1. The van der Waals surface area contributed by atoms with Gasteiger partial charge >= 0.3 is 5.97 Å². The molecule has 7 heteroatoms. The zero-order valence-corrected chi connectivity index (χ0v) is 18.9. The zero-order valence-electron chi connectivity index (χ0n) is 18.9. The Morgan fingerprint density at radius 1 is 0.912 bits per heavy atom. The summed E-state index contributed by atoms with van der Waals surface area (Å²) in [5.41, 5.74) is 3.44. The molecule has 2 saturated heterocycles. The van der Waals surface area contributed by atoms with Gasteiger partial charge in [-0.2, -0.15) is 0 Å². The lowest BCUT2D eigenvalue weighted by atomic mass is 9.90. The molecule has 0 spiro atoms. The third kappa shape index (κ3) is 3.54. The monoisotopic (exact) mass is 456 g/mol. The molecule has 2 aliphatic rings. The fraction of sp³-hybridized carbons (Fsp3) is 0.222. The molecule has 7 nitrogen and oxygen atoms in total. The van der Waals surface area contributed by atoms with Gasteiger partial charge in [-0.3, -0.25) is 14.4 Å². The number of imide groups is 1. The van der Waals surface area contributed by atoms with Crippen molar-refractivity contribution in [1.29, 1.82) is 0 Å². The van der Waals surface area contributed by atoms with Crippen LogP contribution in [-0.2, 0) is 19.2 Å². The molecule has 5 rings (SSSR count). The minimum Gasteiger partial charge on any atom is -0.462 e. The summed E-state index contributed by atoms with van der Waals surface area (Å²) in [4.78, 5) is 46.4. The van der Waals surface area contributed by atoms with E-state index in [9.17, 15) is 14.4 Å². The Balaban J connectivity index is 1.51. The second kappa shape index (κ2) is 8.76. The minimum absolute atomic E-state index is 0.267. The molecule has 0 N–H and O–H groups in total. The first-order chi connectivity index (χ1) is 16.5. The number of hydrogen-bond donors (Lipinski definition) is 0. The van der Waals surface area contributed by atoms with Crippen LogP contribution in [0, 0.1) is 12.8 Å². The summed E-state index contributed by atoms with van der Waals surface area (Å²) in [5, 5.41) is 1.71. The molecule has 2 heterocycles. The van der Waals surface area contributed by atoms with Crippen molar-refractivity contribution in [3.05, 3.63) is 95.6 Å². The van der Waals surface area contributed by atoms with E-state index in [4.69, 9.17) is 9.57 Å². The average Bonchev–Trinajstić information content (AvgIpc) is 3.36. The number of carbonyl (C=O) groups is 3. The Bertz CT molecular complexity index is 1240. The van der Waals surface area contributed by atoms with Crippen molar-refractivity contribution in [3.63, 3.8) is 0 Å². The van der Waals surface area contributed by atoms with Gasteiger partial charge in [0.1, 0.15) is 5.92 Å². The van der Waals surface area contributed by atoms with Crippen LogP contribution < -0.4 is 9.96 Å². The number of benzene rings is 3. The lowest BCUT2D eigenvalue weighted by Crippen LogP contribution is -2.37. The van der Waals surface area contributed by atoms with E-state index in [1.165, 1.54) is 0 Å². The highest BCUT2D eigenvalue weighted by atomic mass is 16.7. The molecule has 0 saturated carbocycles. The first kappa shape index (κ1) is 21.9. The molecule has 0 aromatic heterocycles. The van der Waals surface area contributed by atoms with E-state index >= 15 is 0 Å². The van der Waals surface area contributed by atoms with Gasteiger partial charge in [-0.25, -0.2) is 14.8 Å². The van der Waals surface area contributed by atoms with Crippen molar-refractivity contribution in [1.82, 2.24) is 0 Å². The summed E-state index contributed by atoms with van der Waals surface area (Å²) in [6.07, 6.45) is -0.943. The fourth-order valence-corrected chi connectivity index (χ4v) is 4.64. The van der Waals surface area contributed by atoms with Gasteiger partial charge in [0.05, 0.1) is 29.6 Å². The number of carbonyl (C=O) groups excluding carboxylic acids is 3. The van der Waals surface area contributed by atoms with Gasteiger partial charge in [0.25, 0.3) is 5.91 Å². The van der Waals surface area contributed by atoms with Crippen LogP contribution in [0.4, 0.5) is 11.4 Å². The first-order valence-corrected chi connectivity index (χ1v) is 11.2. The van der Waals surface area contributed by atoms with Crippen LogP contribution in [0.25, 0.3) is 0 Å². The Labute approximate surface area is 197 Å². The van der Waals surface area contributed by atoms with Gasteiger partial charge in [0, 0.05) is 0 Å². The Kier molecular flexibility index (Phi) is 5.63. The summed E-state index contributed by atoms with van der Waals surface area (Å²) in [6, 6.07) is 23.1. The summed E-state index contributed by atoms with van der Waals surface area (Å²) in [5.74, 6) is -1.91. The molecule has 2 fully saturated rings. The number of anilines is 2. The van der Waals surface area contributed by atoms with Crippen molar-refractivity contribution in [2.45, 2.75) is 26.0 Å². The van der Waals surface area contributed by atoms with Crippen molar-refractivity contribution < 1.29 is 24.0 Å². The normalized spacial score (nSPS) is 21.6. The summed E-state index contributed by atoms with van der Waals surface area (Å²) in [7, 11) is 0. The van der Waals surface area contributed by atoms with E-state index < -0.39 is 29.9 Å². The number of para-hydroxylation sites is 1. The Morgan fingerprint density at radius 3 is 2.26 bits per heavy atom. The number of hydroxylamine groups is 1. The van der Waals surface area contributed by atoms with E-state index in [0.717, 1.165) is 21.7 Å². The highest BCUT2D eigenvalue weighted by Crippen LogP contribution is 2.48. The van der Waals surface area contributed by atoms with Gasteiger partial charge < -0.3 is 4.74 Å². The predicted octanol–water partition coefficient (Wildman–Crippen LogP) is 4.22. The molecule has 2 amide bonds. The van der Waals surface area contributed by atoms with E-state index in [1.807, 2.05) is 61.5 Å². The maximum Gasteiger partial charge on any atom is 0.338 e. The zero-order chi connectivity index (χ0) is 23.8. The standard InChI is InChI=1S/C27H24N2O5/c1-3-33-27(32)19-13-15-20(16-14-19)28-25(30)22-23(18-10-5-4-6-11-18)29(34-24(22)26(28)31)21-12-8-7-9-17(21)2/h4-16,22-24H,3H2,1-2H3/t22-,23+,24-/m1/s1. The maximum absolute atomic E-state index is 13.7. The molecular formula is C27H24N2O5. The number of esters is 1. The van der Waals surface area contributed by atoms with Crippen molar-refractivity contribution in [2.24, 2.45) is 5.92 Å². The quantitative estimate of drug-likeness (QED) is 0.423. The van der Waals surface area contributed by atoms with Crippen LogP contribution in [0.3, 0.4) is 0 Å². The first-order valence-electron chi connectivity index (χ1n) is 11.2. The molecule has 0 unspecified atom stereocenters. The number of fused-ring (bicyclic) bond motifs is 1. The van der Waals surface area contributed by atoms with Gasteiger partial charge in [-0.1, -0.05) is 48.5 Å². The topological polar surface area (TPSA) is 76.2 Å². The number of nitrogens with zero attached hydrogens (tertiary/aromatic N) is 2. The van der Waals surface area contributed by atoms with Crippen LogP contribution in [0.15, 0.2) is 78.9 Å². The molecular weight excluding hydrogens is 432 g/mol. The van der Waals surface area contributed by atoms with Gasteiger partial charge in [0.2, 0.25) is 5.91 Å². The second-order valence-corrected chi connectivity index (χ2v) is 8.30. The summed E-state index contributed by atoms with van der Waals surface area (Å²) >= 11 is 0. The lowest BCUT2D eigenvalue weighted by molar-refractivity contribution is -0.126. The lowest BCUT2D eigenvalue weighted by Gasteiger charge is -2.29. The second-order valence-electron chi connectivity index (χ2n) is 8.30. The summed E-state index contributed by atoms with van der Waals surface area (Å²) < 4.78 is 5.01. The molecule has 0 aliphatic carbocycles. The third-order valence-electron chi connectivity index (χ3n) is 6.25. The fourth-order valence-electron chi connectivity index (χ4n) is 4.64. The van der Waals surface area contributed by atoms with Crippen molar-refractivity contribution in [2.75, 3.05) is 16.6 Å². The molecule has 0 bridgehead atoms. The number of amides is 2. The maximum atomic E-state index is 13.7. The average molecular weight is 456 g/mol. The molecule has 3 aromatic carbocycles. The Hall–Kier alpha value is -3.97. The van der Waals surface area contributed by atoms with Crippen LogP contribution in [0.2, 0.25) is 0 Å². The summed E-state index contributed by atoms with van der Waals surface area (Å²) in [6.45, 7) is 3.97. The van der Waals surface area contributed by atoms with E-state index in [2.05, 4.69) is 0 Å². The van der Waals surface area contributed by atoms with Crippen LogP contribution in [-0.4, -0.2) is 30.5 Å². The molecule has 3 atom stereocenters. The SMILES string of the molecule is CCOC(=O)c1ccc(N2C(=O)[C@H]3[C@@H](ON(c4ccccc4C)[C@H]3c3ccccc3)C2=O)cc1. The highest BCUT2D eigenvalue weighted by Gasteiger charge is 2.60. The van der Waals surface area contributed by atoms with Gasteiger partial charge in [-0.15, -0.1) is 0 Å². The van der Waals surface area contributed by atoms with Crippen LogP contribution >= 0.6 is 0 Å². The Morgan fingerprint density at radius 2 is 1.59 bits per heavy atom. The number of hydrogen-bond acceptors (Lipinski definition) is 6. The molecule has 172 valence electrons. The van der Waals surface area contributed by atoms with Crippen LogP contribution in [0.1, 0.15) is 34.5 Å². The molecule has 34 heavy (non-hydrogen) atoms. The molecule has 2 aliphatic heterocycles. The highest BCUT2D eigenvalue weighted by molar-refractivity contribution is 6.24. The number of rotatable bonds is 5. The largest absolute Gasteiger partial charge is 0.462 e. The van der Waals surface area contributed by atoms with E-state index in [1.54, 1.807) is 36.3 Å². The van der Waals surface area contributed by atoms with Gasteiger partial charge in [0.15, 0.2) is 6.10 Å². The smallest absolute Gasteiger partial charge is 0.338 e. The molecule has 0 radical (unpaired) electrons. The van der Waals surface area contributed by atoms with Crippen molar-refractivity contribution in [3.8, 4) is 0 Å². The van der Waals surface area contributed by atoms with Crippen LogP contribution in [0.5, 0.6) is 0 Å².